The first kappa shape index (κ1) is 17.4. The van der Waals surface area contributed by atoms with E-state index in [1.165, 1.54) is 24.4 Å². The Morgan fingerprint density at radius 2 is 1.81 bits per heavy atom. The first-order valence-electron chi connectivity index (χ1n) is 7.55. The van der Waals surface area contributed by atoms with Crippen molar-refractivity contribution in [2.24, 2.45) is 0 Å². The lowest BCUT2D eigenvalue weighted by Crippen LogP contribution is -2.15. The van der Waals surface area contributed by atoms with Crippen LogP contribution in [0.5, 0.6) is 0 Å². The monoisotopic (exact) mass is 366 g/mol. The van der Waals surface area contributed by atoms with E-state index in [4.69, 9.17) is 16.9 Å². The summed E-state index contributed by atoms with van der Waals surface area (Å²) in [6, 6.07) is 16.3. The minimum Gasteiger partial charge on any atom is -0.354 e. The third kappa shape index (κ3) is 3.97. The minimum absolute atomic E-state index is 0.0293. The van der Waals surface area contributed by atoms with Crippen molar-refractivity contribution in [3.05, 3.63) is 82.8 Å². The van der Waals surface area contributed by atoms with E-state index in [2.05, 4.69) is 15.6 Å². The second-order valence-corrected chi connectivity index (χ2v) is 5.70. The lowest BCUT2D eigenvalue weighted by Gasteiger charge is -2.09. The van der Waals surface area contributed by atoms with Crippen molar-refractivity contribution >= 4 is 34.7 Å². The van der Waals surface area contributed by atoms with Gasteiger partial charge in [0.25, 0.3) is 5.91 Å². The lowest BCUT2D eigenvalue weighted by atomic mass is 10.2. The van der Waals surface area contributed by atoms with Gasteiger partial charge in [-0.05, 0) is 48.5 Å². The van der Waals surface area contributed by atoms with Crippen molar-refractivity contribution < 1.29 is 9.18 Å². The van der Waals surface area contributed by atoms with Gasteiger partial charge in [-0.2, -0.15) is 5.26 Å². The highest BCUT2D eigenvalue weighted by Gasteiger charge is 2.16. The number of nitrogens with zero attached hydrogens (tertiary/aromatic N) is 2. The van der Waals surface area contributed by atoms with Crippen molar-refractivity contribution in [3.63, 3.8) is 0 Å². The van der Waals surface area contributed by atoms with Gasteiger partial charge in [0, 0.05) is 5.69 Å². The van der Waals surface area contributed by atoms with Crippen LogP contribution < -0.4 is 10.6 Å². The summed E-state index contributed by atoms with van der Waals surface area (Å²) >= 11 is 5.88. The number of hydrogen-bond acceptors (Lipinski definition) is 4. The number of carbonyl (C=O) groups excluding carboxylic acids is 1. The third-order valence-corrected chi connectivity index (χ3v) is 3.81. The van der Waals surface area contributed by atoms with E-state index in [1.54, 1.807) is 36.4 Å². The molecular formula is C19H12ClFN4O. The molecule has 3 rings (SSSR count). The predicted octanol–water partition coefficient (Wildman–Crippen LogP) is 4.74. The number of aromatic nitrogens is 1. The number of amides is 1. The molecule has 5 nitrogen and oxygen atoms in total. The third-order valence-electron chi connectivity index (χ3n) is 3.50. The highest BCUT2D eigenvalue weighted by Crippen LogP contribution is 2.21. The van der Waals surface area contributed by atoms with Crippen molar-refractivity contribution in [1.29, 1.82) is 5.26 Å². The summed E-state index contributed by atoms with van der Waals surface area (Å²) in [7, 11) is 0. The number of halogens is 2. The molecule has 0 saturated carbocycles. The summed E-state index contributed by atoms with van der Waals surface area (Å²) in [5.41, 5.74) is 1.83. The summed E-state index contributed by atoms with van der Waals surface area (Å²) in [5.74, 6) is -1.11. The number of pyridine rings is 1. The van der Waals surface area contributed by atoms with Crippen molar-refractivity contribution in [2.45, 2.75) is 0 Å². The van der Waals surface area contributed by atoms with Gasteiger partial charge in [0.15, 0.2) is 0 Å². The Morgan fingerprint density at radius 3 is 2.42 bits per heavy atom. The van der Waals surface area contributed by atoms with Crippen LogP contribution in [0.25, 0.3) is 0 Å². The van der Waals surface area contributed by atoms with Crippen LogP contribution in [0.1, 0.15) is 15.9 Å². The summed E-state index contributed by atoms with van der Waals surface area (Å²) in [4.78, 5) is 16.3. The van der Waals surface area contributed by atoms with Crippen LogP contribution in [0.2, 0.25) is 5.02 Å². The van der Waals surface area contributed by atoms with Gasteiger partial charge in [0.05, 0.1) is 34.1 Å². The van der Waals surface area contributed by atoms with Crippen molar-refractivity contribution in [1.82, 2.24) is 4.98 Å². The first-order valence-corrected chi connectivity index (χ1v) is 7.93. The molecule has 2 N–H and O–H groups in total. The molecule has 1 amide bonds. The van der Waals surface area contributed by atoms with E-state index < -0.39 is 11.7 Å². The van der Waals surface area contributed by atoms with Crippen LogP contribution in [0, 0.1) is 17.1 Å². The quantitative estimate of drug-likeness (QED) is 0.699. The summed E-state index contributed by atoms with van der Waals surface area (Å²) < 4.78 is 13.8. The molecule has 0 spiro atoms. The number of nitrogens with one attached hydrogen (secondary N) is 2. The van der Waals surface area contributed by atoms with Crippen molar-refractivity contribution in [3.8, 4) is 6.07 Å². The second kappa shape index (κ2) is 7.64. The van der Waals surface area contributed by atoms with Gasteiger partial charge in [0.1, 0.15) is 11.6 Å². The highest BCUT2D eigenvalue weighted by atomic mass is 35.5. The normalized spacial score (nSPS) is 10.0. The van der Waals surface area contributed by atoms with Crippen LogP contribution in [-0.2, 0) is 0 Å². The van der Waals surface area contributed by atoms with Gasteiger partial charge in [0.2, 0.25) is 0 Å². The van der Waals surface area contributed by atoms with Crippen LogP contribution in [0.4, 0.5) is 21.6 Å². The Hall–Kier alpha value is -3.43. The molecule has 0 fully saturated rings. The van der Waals surface area contributed by atoms with E-state index >= 15 is 0 Å². The fourth-order valence-corrected chi connectivity index (χ4v) is 2.48. The molecule has 0 radical (unpaired) electrons. The van der Waals surface area contributed by atoms with Crippen LogP contribution in [-0.4, -0.2) is 10.9 Å². The average Bonchev–Trinajstić information content (AvgIpc) is 2.64. The molecule has 0 unspecified atom stereocenters. The number of carbonyl (C=O) groups is 1. The zero-order chi connectivity index (χ0) is 18.5. The maximum absolute atomic E-state index is 13.8. The zero-order valence-corrected chi connectivity index (χ0v) is 14.1. The van der Waals surface area contributed by atoms with E-state index in [9.17, 15) is 9.18 Å². The zero-order valence-electron chi connectivity index (χ0n) is 13.3. The van der Waals surface area contributed by atoms with Gasteiger partial charge in [-0.1, -0.05) is 17.7 Å². The molecule has 2 aromatic carbocycles. The molecule has 26 heavy (non-hydrogen) atoms. The first-order chi connectivity index (χ1) is 12.6. The van der Waals surface area contributed by atoms with Gasteiger partial charge in [-0.15, -0.1) is 0 Å². The Labute approximate surface area is 154 Å². The Kier molecular flexibility index (Phi) is 5.11. The maximum Gasteiger partial charge on any atom is 0.261 e. The fourth-order valence-electron chi connectivity index (χ4n) is 2.23. The van der Waals surface area contributed by atoms with Gasteiger partial charge in [-0.25, -0.2) is 9.37 Å². The predicted molar refractivity (Wildman–Crippen MR) is 98.0 cm³/mol. The second-order valence-electron chi connectivity index (χ2n) is 5.30. The Bertz CT molecular complexity index is 962. The molecule has 0 aliphatic carbocycles. The standard InChI is InChI=1S/C19H12ClFN4O/c20-15-2-1-3-16(21)18(15)19(26)25-17-9-8-14(11-23-17)24-13-6-4-12(10-22)5-7-13/h1-9,11,24H,(H,23,25,26). The average molecular weight is 367 g/mol. The largest absolute Gasteiger partial charge is 0.354 e. The molecule has 0 saturated heterocycles. The molecule has 7 heteroatoms. The van der Waals surface area contributed by atoms with Crippen LogP contribution in [0.15, 0.2) is 60.8 Å². The molecule has 0 aliphatic heterocycles. The summed E-state index contributed by atoms with van der Waals surface area (Å²) in [5, 5.41) is 14.4. The minimum atomic E-state index is -0.700. The van der Waals surface area contributed by atoms with Gasteiger partial charge in [-0.3, -0.25) is 4.79 Å². The molecule has 1 aromatic heterocycles. The molecule has 0 atom stereocenters. The summed E-state index contributed by atoms with van der Waals surface area (Å²) in [6.45, 7) is 0. The highest BCUT2D eigenvalue weighted by molar-refractivity contribution is 6.34. The molecular weight excluding hydrogens is 355 g/mol. The smallest absolute Gasteiger partial charge is 0.261 e. The van der Waals surface area contributed by atoms with Crippen LogP contribution in [0.3, 0.4) is 0 Å². The lowest BCUT2D eigenvalue weighted by molar-refractivity contribution is 0.102. The number of hydrogen-bond donors (Lipinski definition) is 2. The van der Waals surface area contributed by atoms with E-state index in [-0.39, 0.29) is 16.4 Å². The van der Waals surface area contributed by atoms with Crippen LogP contribution >= 0.6 is 11.6 Å². The van der Waals surface area contributed by atoms with Crippen molar-refractivity contribution in [2.75, 3.05) is 10.6 Å². The van der Waals surface area contributed by atoms with Gasteiger partial charge >= 0.3 is 0 Å². The number of benzene rings is 2. The Morgan fingerprint density at radius 1 is 1.08 bits per heavy atom. The van der Waals surface area contributed by atoms with E-state index in [0.717, 1.165) is 5.69 Å². The van der Waals surface area contributed by atoms with Gasteiger partial charge < -0.3 is 10.6 Å². The number of rotatable bonds is 4. The maximum atomic E-state index is 13.8. The molecule has 0 aliphatic rings. The molecule has 0 bridgehead atoms. The summed E-state index contributed by atoms with van der Waals surface area (Å²) in [6.07, 6.45) is 1.52. The SMILES string of the molecule is N#Cc1ccc(Nc2ccc(NC(=O)c3c(F)cccc3Cl)nc2)cc1. The molecule has 128 valence electrons. The van der Waals surface area contributed by atoms with E-state index in [0.29, 0.717) is 11.3 Å². The topological polar surface area (TPSA) is 77.8 Å². The Balaban J connectivity index is 1.69. The fraction of sp³-hybridized carbons (Fsp3) is 0. The molecule has 3 aromatic rings. The van der Waals surface area contributed by atoms with E-state index in [1.807, 2.05) is 6.07 Å². The number of nitriles is 1. The number of anilines is 3. The molecule has 1 heterocycles.